The molecule has 0 bridgehead atoms. The second-order valence-electron chi connectivity index (χ2n) is 10.5. The Morgan fingerprint density at radius 1 is 1.07 bits per heavy atom. The third kappa shape index (κ3) is 6.94. The SMILES string of the molecule is CN(C)CCCNC(=O)C1(C)COC(c2nc(-c3ccc(F)cc3)c(-c3ccnc(Nc4ccccc4)n3)[nH]2)OC1. The maximum absolute atomic E-state index is 13.7. The highest BCUT2D eigenvalue weighted by Gasteiger charge is 2.40. The monoisotopic (exact) mass is 559 g/mol. The summed E-state index contributed by atoms with van der Waals surface area (Å²) in [7, 11) is 4.00. The Hall–Kier alpha value is -4.19. The Kier molecular flexibility index (Phi) is 8.67. The molecule has 10 nitrogen and oxygen atoms in total. The molecule has 4 aromatic rings. The molecule has 1 fully saturated rings. The van der Waals surface area contributed by atoms with Crippen molar-refractivity contribution in [2.45, 2.75) is 19.6 Å². The fourth-order valence-electron chi connectivity index (χ4n) is 4.42. The van der Waals surface area contributed by atoms with Crippen molar-refractivity contribution in [1.82, 2.24) is 30.2 Å². The van der Waals surface area contributed by atoms with E-state index in [4.69, 9.17) is 14.5 Å². The van der Waals surface area contributed by atoms with Crippen molar-refractivity contribution < 1.29 is 18.7 Å². The lowest BCUT2D eigenvalue weighted by Crippen LogP contribution is -2.49. The largest absolute Gasteiger partial charge is 0.355 e. The molecule has 5 rings (SSSR count). The normalized spacial score (nSPS) is 18.8. The first kappa shape index (κ1) is 28.3. The number of aromatic nitrogens is 4. The fraction of sp³-hybridized carbons (Fsp3) is 0.333. The van der Waals surface area contributed by atoms with Gasteiger partial charge >= 0.3 is 0 Å². The van der Waals surface area contributed by atoms with Crippen molar-refractivity contribution in [2.24, 2.45) is 5.41 Å². The first-order chi connectivity index (χ1) is 19.8. The number of hydrogen-bond acceptors (Lipinski definition) is 8. The van der Waals surface area contributed by atoms with E-state index in [1.165, 1.54) is 12.1 Å². The Labute approximate surface area is 238 Å². The predicted molar refractivity (Wildman–Crippen MR) is 154 cm³/mol. The molecule has 0 unspecified atom stereocenters. The number of imidazole rings is 1. The topological polar surface area (TPSA) is 117 Å². The Bertz CT molecular complexity index is 1450. The van der Waals surface area contributed by atoms with E-state index < -0.39 is 11.7 Å². The molecule has 2 aromatic heterocycles. The van der Waals surface area contributed by atoms with Gasteiger partial charge in [0.2, 0.25) is 18.1 Å². The van der Waals surface area contributed by atoms with E-state index in [0.29, 0.717) is 41.0 Å². The average Bonchev–Trinajstić information content (AvgIpc) is 3.42. The van der Waals surface area contributed by atoms with Crippen molar-refractivity contribution >= 4 is 17.5 Å². The lowest BCUT2D eigenvalue weighted by atomic mass is 9.91. The van der Waals surface area contributed by atoms with Crippen LogP contribution in [0.4, 0.5) is 16.0 Å². The molecule has 214 valence electrons. The van der Waals surface area contributed by atoms with Crippen LogP contribution in [-0.4, -0.2) is 71.1 Å². The van der Waals surface area contributed by atoms with Gasteiger partial charge in [-0.3, -0.25) is 4.79 Å². The zero-order chi connectivity index (χ0) is 28.8. The lowest BCUT2D eigenvalue weighted by molar-refractivity contribution is -0.231. The van der Waals surface area contributed by atoms with Gasteiger partial charge in [0.1, 0.15) is 5.82 Å². The summed E-state index contributed by atoms with van der Waals surface area (Å²) < 4.78 is 25.8. The molecule has 41 heavy (non-hydrogen) atoms. The van der Waals surface area contributed by atoms with E-state index in [0.717, 1.165) is 18.7 Å². The number of carbonyl (C=O) groups is 1. The summed E-state index contributed by atoms with van der Waals surface area (Å²) in [4.78, 5) is 32.1. The van der Waals surface area contributed by atoms with Crippen molar-refractivity contribution in [3.63, 3.8) is 0 Å². The summed E-state index contributed by atoms with van der Waals surface area (Å²) in [5.74, 6) is 0.373. The zero-order valence-corrected chi connectivity index (χ0v) is 23.4. The van der Waals surface area contributed by atoms with Gasteiger partial charge in [-0.25, -0.2) is 19.3 Å². The Morgan fingerprint density at radius 3 is 2.51 bits per heavy atom. The zero-order valence-electron chi connectivity index (χ0n) is 23.4. The highest BCUT2D eigenvalue weighted by Crippen LogP contribution is 2.35. The molecule has 1 aliphatic heterocycles. The number of amides is 1. The van der Waals surface area contributed by atoms with Gasteiger partial charge in [-0.2, -0.15) is 0 Å². The number of para-hydroxylation sites is 1. The van der Waals surface area contributed by atoms with Crippen LogP contribution < -0.4 is 10.6 Å². The summed E-state index contributed by atoms with van der Waals surface area (Å²) >= 11 is 0. The summed E-state index contributed by atoms with van der Waals surface area (Å²) in [6.45, 7) is 3.62. The van der Waals surface area contributed by atoms with E-state index in [1.807, 2.05) is 51.4 Å². The van der Waals surface area contributed by atoms with Crippen LogP contribution in [0.1, 0.15) is 25.5 Å². The van der Waals surface area contributed by atoms with Gasteiger partial charge in [0, 0.05) is 24.0 Å². The summed E-state index contributed by atoms with van der Waals surface area (Å²) in [6, 6.07) is 17.5. The number of hydrogen-bond donors (Lipinski definition) is 3. The number of nitrogens with one attached hydrogen (secondary N) is 3. The van der Waals surface area contributed by atoms with Gasteiger partial charge in [-0.1, -0.05) is 18.2 Å². The van der Waals surface area contributed by atoms with E-state index in [9.17, 15) is 9.18 Å². The fourth-order valence-corrected chi connectivity index (χ4v) is 4.42. The van der Waals surface area contributed by atoms with Crippen LogP contribution in [0.2, 0.25) is 0 Å². The van der Waals surface area contributed by atoms with Crippen LogP contribution in [-0.2, 0) is 14.3 Å². The van der Waals surface area contributed by atoms with Crippen LogP contribution in [0.3, 0.4) is 0 Å². The molecule has 3 heterocycles. The molecule has 1 amide bonds. The number of aromatic amines is 1. The molecule has 2 aromatic carbocycles. The van der Waals surface area contributed by atoms with Crippen molar-refractivity contribution in [1.29, 1.82) is 0 Å². The summed E-state index contributed by atoms with van der Waals surface area (Å²) in [6.07, 6.45) is 1.69. The van der Waals surface area contributed by atoms with Gasteiger partial charge in [-0.15, -0.1) is 0 Å². The van der Waals surface area contributed by atoms with E-state index >= 15 is 0 Å². The van der Waals surface area contributed by atoms with Crippen LogP contribution >= 0.6 is 0 Å². The molecular formula is C30H34FN7O3. The smallest absolute Gasteiger partial charge is 0.230 e. The van der Waals surface area contributed by atoms with Crippen molar-refractivity contribution in [3.8, 4) is 22.6 Å². The van der Waals surface area contributed by atoms with Crippen LogP contribution in [0, 0.1) is 11.2 Å². The number of ether oxygens (including phenoxy) is 2. The highest BCUT2D eigenvalue weighted by atomic mass is 19.1. The molecule has 0 saturated carbocycles. The van der Waals surface area contributed by atoms with Gasteiger partial charge in [0.05, 0.1) is 35.7 Å². The number of rotatable bonds is 10. The first-order valence-electron chi connectivity index (χ1n) is 13.5. The minimum absolute atomic E-state index is 0.110. The van der Waals surface area contributed by atoms with Gasteiger partial charge < -0.3 is 30.0 Å². The van der Waals surface area contributed by atoms with E-state index in [-0.39, 0.29) is 24.9 Å². The number of halogens is 1. The second-order valence-corrected chi connectivity index (χ2v) is 10.5. The third-order valence-corrected chi connectivity index (χ3v) is 6.73. The average molecular weight is 560 g/mol. The molecule has 11 heteroatoms. The highest BCUT2D eigenvalue weighted by molar-refractivity contribution is 5.82. The maximum atomic E-state index is 13.7. The molecule has 1 saturated heterocycles. The molecule has 0 radical (unpaired) electrons. The van der Waals surface area contributed by atoms with Crippen LogP contribution in [0.15, 0.2) is 66.9 Å². The van der Waals surface area contributed by atoms with Crippen LogP contribution in [0.25, 0.3) is 22.6 Å². The van der Waals surface area contributed by atoms with Gasteiger partial charge in [-0.05, 0) is 76.4 Å². The predicted octanol–water partition coefficient (Wildman–Crippen LogP) is 4.54. The molecule has 3 N–H and O–H groups in total. The lowest BCUT2D eigenvalue weighted by Gasteiger charge is -2.35. The molecule has 0 spiro atoms. The first-order valence-corrected chi connectivity index (χ1v) is 13.5. The Balaban J connectivity index is 1.36. The standard InChI is InChI=1S/C30H34FN7O3/c1-30(28(39)32-15-7-17-38(2)3)18-40-27(41-19-30)26-36-24(20-10-12-21(31)13-11-20)25(37-26)23-14-16-33-29(35-23)34-22-8-5-4-6-9-22/h4-6,8-14,16,27H,7,15,17-19H2,1-3H3,(H,32,39)(H,36,37)(H,33,34,35). The van der Waals surface area contributed by atoms with Crippen molar-refractivity contribution in [2.75, 3.05) is 45.7 Å². The minimum Gasteiger partial charge on any atom is -0.355 e. The Morgan fingerprint density at radius 2 is 1.80 bits per heavy atom. The van der Waals surface area contributed by atoms with E-state index in [2.05, 4.69) is 30.5 Å². The third-order valence-electron chi connectivity index (χ3n) is 6.73. The van der Waals surface area contributed by atoms with Crippen molar-refractivity contribution in [3.05, 3.63) is 78.5 Å². The minimum atomic E-state index is -0.825. The number of nitrogens with zero attached hydrogens (tertiary/aromatic N) is 4. The number of benzene rings is 2. The quantitative estimate of drug-likeness (QED) is 0.243. The van der Waals surface area contributed by atoms with Crippen LogP contribution in [0.5, 0.6) is 0 Å². The van der Waals surface area contributed by atoms with Gasteiger partial charge in [0.25, 0.3) is 0 Å². The van der Waals surface area contributed by atoms with Gasteiger partial charge in [0.15, 0.2) is 5.82 Å². The molecule has 0 aliphatic carbocycles. The van der Waals surface area contributed by atoms with E-state index in [1.54, 1.807) is 24.4 Å². The molecule has 1 aliphatic rings. The molecular weight excluding hydrogens is 525 g/mol. The number of H-pyrrole nitrogens is 1. The summed E-state index contributed by atoms with van der Waals surface area (Å²) in [5, 5.41) is 6.18. The maximum Gasteiger partial charge on any atom is 0.230 e. The second kappa shape index (κ2) is 12.5. The number of anilines is 2. The summed E-state index contributed by atoms with van der Waals surface area (Å²) in [5.41, 5.74) is 2.46. The molecule has 0 atom stereocenters. The number of carbonyl (C=O) groups excluding carboxylic acids is 1.